The molecular weight excluding hydrogens is 242 g/mol. The fourth-order valence-electron chi connectivity index (χ4n) is 2.10. The van der Waals surface area contributed by atoms with E-state index in [1.165, 1.54) is 0 Å². The van der Waals surface area contributed by atoms with Gasteiger partial charge in [-0.3, -0.25) is 4.79 Å². The highest BCUT2D eigenvalue weighted by Gasteiger charge is 2.17. The maximum atomic E-state index is 12.4. The lowest BCUT2D eigenvalue weighted by Gasteiger charge is -2.00. The van der Waals surface area contributed by atoms with E-state index >= 15 is 0 Å². The second kappa shape index (κ2) is 4.31. The van der Waals surface area contributed by atoms with Crippen LogP contribution in [0.25, 0.3) is 10.9 Å². The molecule has 96 valence electrons. The summed E-state index contributed by atoms with van der Waals surface area (Å²) in [7, 11) is 1.60. The number of benzene rings is 1. The summed E-state index contributed by atoms with van der Waals surface area (Å²) in [5, 5.41) is 0.832. The van der Waals surface area contributed by atoms with Crippen molar-refractivity contribution in [3.05, 3.63) is 53.6 Å². The quantitative estimate of drug-likeness (QED) is 0.730. The lowest BCUT2D eigenvalue weighted by Crippen LogP contribution is -1.98. The predicted octanol–water partition coefficient (Wildman–Crippen LogP) is 3.31. The van der Waals surface area contributed by atoms with Crippen LogP contribution in [0.5, 0.6) is 5.75 Å². The highest BCUT2D eigenvalue weighted by molar-refractivity contribution is 6.15. The van der Waals surface area contributed by atoms with Gasteiger partial charge in [-0.25, -0.2) is 0 Å². The van der Waals surface area contributed by atoms with E-state index in [-0.39, 0.29) is 5.78 Å². The average Bonchev–Trinajstić information content (AvgIpc) is 3.03. The number of carbonyl (C=O) groups excluding carboxylic acids is 1. The number of nitrogens with one attached hydrogen (secondary N) is 1. The standard InChI is InChI=1S/C15H13NO3/c1-9-3-6-14(19-9)15(17)12-8-16-13-5-4-10(18-2)7-11(12)13/h3-8,16H,1-2H3. The van der Waals surface area contributed by atoms with Crippen LogP contribution in [0.1, 0.15) is 21.9 Å². The summed E-state index contributed by atoms with van der Waals surface area (Å²) in [6.07, 6.45) is 1.70. The van der Waals surface area contributed by atoms with Crippen molar-refractivity contribution < 1.29 is 13.9 Å². The SMILES string of the molecule is COc1ccc2[nH]cc(C(=O)c3ccc(C)o3)c2c1. The zero-order valence-electron chi connectivity index (χ0n) is 10.7. The Morgan fingerprint density at radius 1 is 1.26 bits per heavy atom. The molecule has 4 nitrogen and oxygen atoms in total. The molecule has 0 radical (unpaired) electrons. The molecule has 0 aliphatic heterocycles. The van der Waals surface area contributed by atoms with Gasteiger partial charge >= 0.3 is 0 Å². The molecule has 3 aromatic rings. The van der Waals surface area contributed by atoms with E-state index < -0.39 is 0 Å². The highest BCUT2D eigenvalue weighted by atomic mass is 16.5. The topological polar surface area (TPSA) is 55.2 Å². The normalized spacial score (nSPS) is 10.8. The zero-order chi connectivity index (χ0) is 13.4. The van der Waals surface area contributed by atoms with Crippen molar-refractivity contribution in [2.24, 2.45) is 0 Å². The first-order valence-corrected chi connectivity index (χ1v) is 5.95. The van der Waals surface area contributed by atoms with Gasteiger partial charge < -0.3 is 14.1 Å². The molecule has 4 heteroatoms. The van der Waals surface area contributed by atoms with E-state index in [1.54, 1.807) is 25.4 Å². The molecule has 1 aromatic carbocycles. The van der Waals surface area contributed by atoms with Crippen LogP contribution in [0.15, 0.2) is 40.9 Å². The van der Waals surface area contributed by atoms with Gasteiger partial charge in [0.05, 0.1) is 12.7 Å². The van der Waals surface area contributed by atoms with Crippen molar-refractivity contribution in [3.8, 4) is 5.75 Å². The van der Waals surface area contributed by atoms with Crippen LogP contribution < -0.4 is 4.74 Å². The summed E-state index contributed by atoms with van der Waals surface area (Å²) in [6, 6.07) is 9.05. The molecule has 0 atom stereocenters. The Morgan fingerprint density at radius 3 is 2.79 bits per heavy atom. The van der Waals surface area contributed by atoms with Crippen molar-refractivity contribution in [2.45, 2.75) is 6.92 Å². The van der Waals surface area contributed by atoms with Crippen molar-refractivity contribution in [1.82, 2.24) is 4.98 Å². The number of ketones is 1. The van der Waals surface area contributed by atoms with Crippen molar-refractivity contribution >= 4 is 16.7 Å². The summed E-state index contributed by atoms with van der Waals surface area (Å²) in [6.45, 7) is 1.81. The third-order valence-corrected chi connectivity index (χ3v) is 3.10. The molecule has 0 bridgehead atoms. The third kappa shape index (κ3) is 1.91. The lowest BCUT2D eigenvalue weighted by molar-refractivity contribution is 0.101. The smallest absolute Gasteiger partial charge is 0.230 e. The molecule has 0 saturated heterocycles. The molecule has 0 saturated carbocycles. The van der Waals surface area contributed by atoms with Gasteiger partial charge in [0.2, 0.25) is 5.78 Å². The van der Waals surface area contributed by atoms with Gasteiger partial charge in [-0.05, 0) is 37.3 Å². The number of methoxy groups -OCH3 is 1. The number of aromatic nitrogens is 1. The molecule has 0 unspecified atom stereocenters. The summed E-state index contributed by atoms with van der Waals surface area (Å²) in [5.41, 5.74) is 1.48. The average molecular weight is 255 g/mol. The number of hydrogen-bond donors (Lipinski definition) is 1. The molecule has 3 rings (SSSR count). The maximum Gasteiger partial charge on any atom is 0.230 e. The summed E-state index contributed by atoms with van der Waals surface area (Å²) in [5.74, 6) is 1.66. The van der Waals surface area contributed by atoms with Crippen molar-refractivity contribution in [1.29, 1.82) is 0 Å². The minimum atomic E-state index is -0.132. The number of ether oxygens (including phenoxy) is 1. The number of rotatable bonds is 3. The van der Waals surface area contributed by atoms with Crippen LogP contribution in [0.2, 0.25) is 0 Å². The van der Waals surface area contributed by atoms with Crippen LogP contribution >= 0.6 is 0 Å². The van der Waals surface area contributed by atoms with Crippen molar-refractivity contribution in [2.75, 3.05) is 7.11 Å². The number of H-pyrrole nitrogens is 1. The first kappa shape index (κ1) is 11.6. The van der Waals surface area contributed by atoms with Gasteiger partial charge in [-0.2, -0.15) is 0 Å². The molecule has 1 N–H and O–H groups in total. The Bertz CT molecular complexity index is 752. The molecule has 0 amide bonds. The summed E-state index contributed by atoms with van der Waals surface area (Å²) >= 11 is 0. The zero-order valence-corrected chi connectivity index (χ0v) is 10.7. The van der Waals surface area contributed by atoms with Crippen molar-refractivity contribution in [3.63, 3.8) is 0 Å². The lowest BCUT2D eigenvalue weighted by atomic mass is 10.1. The Kier molecular flexibility index (Phi) is 2.63. The summed E-state index contributed by atoms with van der Waals surface area (Å²) < 4.78 is 10.6. The molecule has 0 aliphatic rings. The minimum Gasteiger partial charge on any atom is -0.497 e. The maximum absolute atomic E-state index is 12.4. The van der Waals surface area contributed by atoms with Gasteiger partial charge in [-0.1, -0.05) is 0 Å². The minimum absolute atomic E-state index is 0.132. The fourth-order valence-corrected chi connectivity index (χ4v) is 2.10. The molecule has 19 heavy (non-hydrogen) atoms. The molecular formula is C15H13NO3. The Labute approximate surface area is 110 Å². The van der Waals surface area contributed by atoms with E-state index in [1.807, 2.05) is 25.1 Å². The van der Waals surface area contributed by atoms with Crippen LogP contribution in [0, 0.1) is 6.92 Å². The second-order valence-electron chi connectivity index (χ2n) is 4.35. The van der Waals surface area contributed by atoms with E-state index in [4.69, 9.17) is 9.15 Å². The van der Waals surface area contributed by atoms with E-state index in [9.17, 15) is 4.79 Å². The Balaban J connectivity index is 2.12. The fraction of sp³-hybridized carbons (Fsp3) is 0.133. The monoisotopic (exact) mass is 255 g/mol. The summed E-state index contributed by atoms with van der Waals surface area (Å²) in [4.78, 5) is 15.5. The number of furan rings is 1. The largest absolute Gasteiger partial charge is 0.497 e. The molecule has 0 fully saturated rings. The highest BCUT2D eigenvalue weighted by Crippen LogP contribution is 2.25. The first-order valence-electron chi connectivity index (χ1n) is 5.95. The van der Waals surface area contributed by atoms with Crippen LogP contribution in [-0.2, 0) is 0 Å². The number of fused-ring (bicyclic) bond motifs is 1. The predicted molar refractivity (Wildman–Crippen MR) is 71.7 cm³/mol. The van der Waals surface area contributed by atoms with Crippen LogP contribution in [0.3, 0.4) is 0 Å². The molecule has 0 aliphatic carbocycles. The Morgan fingerprint density at radius 2 is 2.11 bits per heavy atom. The van der Waals surface area contributed by atoms with E-state index in [2.05, 4.69) is 4.98 Å². The van der Waals surface area contributed by atoms with Gasteiger partial charge in [0.15, 0.2) is 5.76 Å². The number of hydrogen-bond acceptors (Lipinski definition) is 3. The number of carbonyl (C=O) groups is 1. The number of aromatic amines is 1. The molecule has 2 aromatic heterocycles. The number of aryl methyl sites for hydroxylation is 1. The van der Waals surface area contributed by atoms with Gasteiger partial charge in [0.25, 0.3) is 0 Å². The van der Waals surface area contributed by atoms with Gasteiger partial charge in [-0.15, -0.1) is 0 Å². The van der Waals surface area contributed by atoms with E-state index in [0.29, 0.717) is 11.3 Å². The second-order valence-corrected chi connectivity index (χ2v) is 4.35. The first-order chi connectivity index (χ1) is 9.19. The Hall–Kier alpha value is -2.49. The van der Waals surface area contributed by atoms with E-state index in [0.717, 1.165) is 22.4 Å². The molecule has 0 spiro atoms. The van der Waals surface area contributed by atoms with Crippen LogP contribution in [0.4, 0.5) is 0 Å². The van der Waals surface area contributed by atoms with Gasteiger partial charge in [0.1, 0.15) is 11.5 Å². The molecule has 2 heterocycles. The van der Waals surface area contributed by atoms with Gasteiger partial charge in [0, 0.05) is 17.1 Å². The van der Waals surface area contributed by atoms with Crippen LogP contribution in [-0.4, -0.2) is 17.9 Å². The third-order valence-electron chi connectivity index (χ3n) is 3.10.